The average Bonchev–Trinajstić information content (AvgIpc) is 3.68. The van der Waals surface area contributed by atoms with Crippen molar-refractivity contribution in [2.24, 2.45) is 12.8 Å². The van der Waals surface area contributed by atoms with Gasteiger partial charge in [-0.3, -0.25) is 9.48 Å². The van der Waals surface area contributed by atoms with Crippen LogP contribution in [0.4, 0.5) is 13.2 Å². The summed E-state index contributed by atoms with van der Waals surface area (Å²) < 4.78 is 60.3. The van der Waals surface area contributed by atoms with Gasteiger partial charge in [0.15, 0.2) is 17.2 Å². The molecule has 1 aromatic heterocycles. The van der Waals surface area contributed by atoms with E-state index in [2.05, 4.69) is 10.4 Å². The molecule has 0 spiro atoms. The van der Waals surface area contributed by atoms with E-state index < -0.39 is 29.0 Å². The quantitative estimate of drug-likeness (QED) is 0.337. The van der Waals surface area contributed by atoms with Crippen molar-refractivity contribution in [3.8, 4) is 33.8 Å². The molecule has 41 heavy (non-hydrogen) atoms. The van der Waals surface area contributed by atoms with Gasteiger partial charge < -0.3 is 20.5 Å². The molecule has 1 fully saturated rings. The predicted molar refractivity (Wildman–Crippen MR) is 145 cm³/mol. The van der Waals surface area contributed by atoms with Gasteiger partial charge in [-0.2, -0.15) is 5.10 Å². The van der Waals surface area contributed by atoms with Crippen LogP contribution in [0, 0.1) is 17.5 Å². The predicted octanol–water partition coefficient (Wildman–Crippen LogP) is 5.40. The van der Waals surface area contributed by atoms with Gasteiger partial charge >= 0.3 is 0 Å². The largest absolute Gasteiger partial charge is 0.483 e. The number of aromatic nitrogens is 2. The Labute approximate surface area is 238 Å². The van der Waals surface area contributed by atoms with Gasteiger partial charge in [-0.25, -0.2) is 13.2 Å². The van der Waals surface area contributed by atoms with E-state index in [0.717, 1.165) is 25.5 Å². The number of benzene rings is 3. The second kappa shape index (κ2) is 9.25. The van der Waals surface area contributed by atoms with E-state index >= 15 is 8.78 Å². The van der Waals surface area contributed by atoms with E-state index in [4.69, 9.17) is 26.8 Å². The number of carbonyl (C=O) groups excluding carboxylic acids is 1. The van der Waals surface area contributed by atoms with Crippen LogP contribution in [0.25, 0.3) is 22.3 Å². The van der Waals surface area contributed by atoms with Gasteiger partial charge in [0.1, 0.15) is 29.7 Å². The normalized spacial score (nSPS) is 20.7. The molecular formula is C30H24ClF3N4O3. The molecule has 3 aromatic carbocycles. The zero-order valence-electron chi connectivity index (χ0n) is 21.9. The van der Waals surface area contributed by atoms with Crippen molar-refractivity contribution in [1.29, 1.82) is 0 Å². The summed E-state index contributed by atoms with van der Waals surface area (Å²) >= 11 is 6.57. The Balaban J connectivity index is 1.47. The van der Waals surface area contributed by atoms with Crippen LogP contribution >= 0.6 is 11.6 Å². The number of carbonyl (C=O) groups is 1. The molecule has 4 aromatic rings. The van der Waals surface area contributed by atoms with Crippen LogP contribution in [0.15, 0.2) is 42.6 Å². The van der Waals surface area contributed by atoms with Crippen LogP contribution in [-0.4, -0.2) is 28.3 Å². The number of nitrogens with one attached hydrogen (secondary N) is 1. The molecule has 0 saturated carbocycles. The molecule has 11 heteroatoms. The topological polar surface area (TPSA) is 91.4 Å². The Kier molecular flexibility index (Phi) is 5.85. The number of ether oxygens (including phenoxy) is 2. The monoisotopic (exact) mass is 580 g/mol. The van der Waals surface area contributed by atoms with Gasteiger partial charge in [0.05, 0.1) is 16.6 Å². The Morgan fingerprint density at radius 2 is 2.02 bits per heavy atom. The fourth-order valence-electron chi connectivity index (χ4n) is 6.47. The first-order chi connectivity index (χ1) is 19.7. The molecule has 0 unspecified atom stereocenters. The minimum absolute atomic E-state index is 0.00356. The summed E-state index contributed by atoms with van der Waals surface area (Å²) in [6.45, 7) is 0.728. The van der Waals surface area contributed by atoms with E-state index in [9.17, 15) is 9.18 Å². The average molecular weight is 581 g/mol. The lowest BCUT2D eigenvalue weighted by Gasteiger charge is -2.35. The summed E-state index contributed by atoms with van der Waals surface area (Å²) in [6.07, 6.45) is 3.39. The van der Waals surface area contributed by atoms with Crippen molar-refractivity contribution >= 4 is 17.5 Å². The SMILES string of the molecule is Cn1cc2c(n1)COc1c-2cc(C(N)=O)c(-c2c(Cl)c(F)cc3c2C[C@](c2cccc(F)c2)([C@@H]2CCCN2)O3)c1F. The molecule has 3 aliphatic rings. The third-order valence-electron chi connectivity index (χ3n) is 8.24. The van der Waals surface area contributed by atoms with Gasteiger partial charge in [0, 0.05) is 59.1 Å². The lowest BCUT2D eigenvalue weighted by Crippen LogP contribution is -2.49. The second-order valence-corrected chi connectivity index (χ2v) is 11.0. The molecular weight excluding hydrogens is 557 g/mol. The lowest BCUT2D eigenvalue weighted by molar-refractivity contribution is 0.0536. The Hall–Kier alpha value is -4.02. The number of hydrogen-bond donors (Lipinski definition) is 2. The molecule has 7 nitrogen and oxygen atoms in total. The zero-order chi connectivity index (χ0) is 28.6. The Morgan fingerprint density at radius 1 is 1.20 bits per heavy atom. The highest BCUT2D eigenvalue weighted by atomic mass is 35.5. The summed E-state index contributed by atoms with van der Waals surface area (Å²) in [5, 5.41) is 7.37. The van der Waals surface area contributed by atoms with E-state index in [-0.39, 0.29) is 52.3 Å². The number of nitrogens with two attached hydrogens (primary N) is 1. The summed E-state index contributed by atoms with van der Waals surface area (Å²) in [4.78, 5) is 12.8. The number of rotatable bonds is 4. The van der Waals surface area contributed by atoms with Gasteiger partial charge in [-0.15, -0.1) is 0 Å². The molecule has 0 aliphatic carbocycles. The van der Waals surface area contributed by atoms with Gasteiger partial charge in [0.2, 0.25) is 5.91 Å². The molecule has 0 bridgehead atoms. The number of amides is 1. The number of nitrogens with zero attached hydrogens (tertiary/aromatic N) is 2. The van der Waals surface area contributed by atoms with Crippen molar-refractivity contribution in [1.82, 2.24) is 15.1 Å². The van der Waals surface area contributed by atoms with E-state index in [1.165, 1.54) is 18.2 Å². The molecule has 1 saturated heterocycles. The maximum Gasteiger partial charge on any atom is 0.249 e. The minimum Gasteiger partial charge on any atom is -0.483 e. The first-order valence-electron chi connectivity index (χ1n) is 13.2. The molecule has 0 radical (unpaired) electrons. The fraction of sp³-hybridized carbons (Fsp3) is 0.267. The summed E-state index contributed by atoms with van der Waals surface area (Å²) in [5.74, 6) is -3.14. The van der Waals surface area contributed by atoms with Crippen LogP contribution in [0.5, 0.6) is 11.5 Å². The lowest BCUT2D eigenvalue weighted by atomic mass is 9.80. The van der Waals surface area contributed by atoms with E-state index in [0.29, 0.717) is 27.9 Å². The highest BCUT2D eigenvalue weighted by molar-refractivity contribution is 6.34. The van der Waals surface area contributed by atoms with Crippen molar-refractivity contribution in [2.45, 2.75) is 37.5 Å². The van der Waals surface area contributed by atoms with Gasteiger partial charge in [-0.1, -0.05) is 23.7 Å². The summed E-state index contributed by atoms with van der Waals surface area (Å²) in [7, 11) is 1.72. The molecule has 4 heterocycles. The number of halogens is 4. The van der Waals surface area contributed by atoms with Crippen LogP contribution < -0.4 is 20.5 Å². The van der Waals surface area contributed by atoms with Gasteiger partial charge in [-0.05, 0) is 37.6 Å². The maximum absolute atomic E-state index is 16.6. The number of hydrogen-bond acceptors (Lipinski definition) is 5. The van der Waals surface area contributed by atoms with Gasteiger partial charge in [0.25, 0.3) is 0 Å². The Morgan fingerprint density at radius 3 is 2.76 bits per heavy atom. The van der Waals surface area contributed by atoms with E-state index in [1.54, 1.807) is 30.1 Å². The Bertz CT molecular complexity index is 1770. The summed E-state index contributed by atoms with van der Waals surface area (Å²) in [6, 6.07) is 8.38. The zero-order valence-corrected chi connectivity index (χ0v) is 22.6. The maximum atomic E-state index is 16.6. The highest BCUT2D eigenvalue weighted by Crippen LogP contribution is 2.54. The highest BCUT2D eigenvalue weighted by Gasteiger charge is 2.50. The molecule has 3 N–H and O–H groups in total. The van der Waals surface area contributed by atoms with Crippen LogP contribution in [-0.2, 0) is 25.7 Å². The number of primary amides is 1. The third kappa shape index (κ3) is 3.84. The minimum atomic E-state index is -1.13. The smallest absolute Gasteiger partial charge is 0.249 e. The van der Waals surface area contributed by atoms with Crippen LogP contribution in [0.3, 0.4) is 0 Å². The van der Waals surface area contributed by atoms with Crippen LogP contribution in [0.1, 0.15) is 40.0 Å². The van der Waals surface area contributed by atoms with Crippen LogP contribution in [0.2, 0.25) is 5.02 Å². The molecule has 2 atom stereocenters. The number of aryl methyl sites for hydroxylation is 1. The van der Waals surface area contributed by atoms with Crippen molar-refractivity contribution in [2.75, 3.05) is 6.54 Å². The fourth-order valence-corrected chi connectivity index (χ4v) is 6.74. The second-order valence-electron chi connectivity index (χ2n) is 10.7. The molecule has 3 aliphatic heterocycles. The first-order valence-corrected chi connectivity index (χ1v) is 13.6. The van der Waals surface area contributed by atoms with Crippen molar-refractivity contribution in [3.05, 3.63) is 87.5 Å². The molecule has 1 amide bonds. The van der Waals surface area contributed by atoms with Crippen molar-refractivity contribution < 1.29 is 27.4 Å². The first kappa shape index (κ1) is 25.9. The number of fused-ring (bicyclic) bond motifs is 4. The standard InChI is InChI=1S/C30H24ClF3N4O3/c1-38-12-19-16-9-17(29(35)39)25(27(34)28(16)40-13-21(19)37-38)24-18-11-30(23-6-3-7-36-23,14-4-2-5-15(32)8-14)41-22(18)10-20(33)26(24)31/h2,4-5,8-10,12,23,36H,3,6-7,11,13H2,1H3,(H2,35,39)/t23-,30-/m0/s1. The molecule has 7 rings (SSSR count). The third-order valence-corrected chi connectivity index (χ3v) is 8.61. The van der Waals surface area contributed by atoms with Crippen molar-refractivity contribution in [3.63, 3.8) is 0 Å². The molecule has 210 valence electrons. The summed E-state index contributed by atoms with van der Waals surface area (Å²) in [5.41, 5.74) is 6.53. The van der Waals surface area contributed by atoms with E-state index in [1.807, 2.05) is 0 Å².